The zero-order chi connectivity index (χ0) is 21.6. The van der Waals surface area contributed by atoms with Crippen LogP contribution in [-0.2, 0) is 4.79 Å². The summed E-state index contributed by atoms with van der Waals surface area (Å²) in [6, 6.07) is 15.2. The largest absolute Gasteiger partial charge is 0.484 e. The van der Waals surface area contributed by atoms with Crippen molar-refractivity contribution in [2.75, 3.05) is 43.0 Å². The molecule has 31 heavy (non-hydrogen) atoms. The average Bonchev–Trinajstić information content (AvgIpc) is 2.78. The first-order valence-electron chi connectivity index (χ1n) is 10.3. The van der Waals surface area contributed by atoms with Crippen LogP contribution in [0.2, 0.25) is 0 Å². The number of pyridine rings is 1. The summed E-state index contributed by atoms with van der Waals surface area (Å²) in [6.07, 6.45) is 1.77. The standard InChI is InChI=1S/C23H26N6O2/c1-17-8-9-24-20(14-17)27-21-15-22(26-18(2)25-21)28-10-12-29(13-11-28)23(30)16-31-19-6-4-3-5-7-19/h3-9,14-15H,10-13,16H2,1-2H3,(H,24,25,26,27). The maximum atomic E-state index is 12.5. The van der Waals surface area contributed by atoms with E-state index in [0.717, 1.165) is 17.2 Å². The molecule has 0 bridgehead atoms. The maximum absolute atomic E-state index is 12.5. The quantitative estimate of drug-likeness (QED) is 0.659. The minimum absolute atomic E-state index is 0.00440. The lowest BCUT2D eigenvalue weighted by Crippen LogP contribution is -2.50. The van der Waals surface area contributed by atoms with Gasteiger partial charge in [-0.05, 0) is 43.7 Å². The Balaban J connectivity index is 1.35. The van der Waals surface area contributed by atoms with E-state index in [4.69, 9.17) is 4.74 Å². The van der Waals surface area contributed by atoms with E-state index < -0.39 is 0 Å². The van der Waals surface area contributed by atoms with Crippen molar-refractivity contribution in [3.05, 3.63) is 66.1 Å². The van der Waals surface area contributed by atoms with Gasteiger partial charge in [0.15, 0.2) is 6.61 Å². The zero-order valence-electron chi connectivity index (χ0n) is 17.8. The number of ether oxygens (including phenoxy) is 1. The first-order valence-corrected chi connectivity index (χ1v) is 10.3. The maximum Gasteiger partial charge on any atom is 0.260 e. The Bertz CT molecular complexity index is 1040. The first kappa shape index (κ1) is 20.6. The van der Waals surface area contributed by atoms with Gasteiger partial charge in [0.25, 0.3) is 5.91 Å². The fourth-order valence-electron chi connectivity index (χ4n) is 3.45. The van der Waals surface area contributed by atoms with Crippen LogP contribution < -0.4 is 15.0 Å². The Morgan fingerprint density at radius 2 is 1.77 bits per heavy atom. The van der Waals surface area contributed by atoms with Crippen LogP contribution >= 0.6 is 0 Å². The molecule has 0 atom stereocenters. The fourth-order valence-corrected chi connectivity index (χ4v) is 3.45. The van der Waals surface area contributed by atoms with Crippen LogP contribution in [0.3, 0.4) is 0 Å². The lowest BCUT2D eigenvalue weighted by atomic mass is 10.3. The molecule has 0 aliphatic carbocycles. The van der Waals surface area contributed by atoms with Crippen LogP contribution in [0, 0.1) is 13.8 Å². The van der Waals surface area contributed by atoms with Crippen LogP contribution in [0.15, 0.2) is 54.7 Å². The number of rotatable bonds is 6. The van der Waals surface area contributed by atoms with Crippen molar-refractivity contribution < 1.29 is 9.53 Å². The molecule has 3 aromatic rings. The Hall–Kier alpha value is -3.68. The van der Waals surface area contributed by atoms with Gasteiger partial charge in [-0.25, -0.2) is 15.0 Å². The molecule has 1 aliphatic rings. The van der Waals surface area contributed by atoms with E-state index in [-0.39, 0.29) is 12.5 Å². The van der Waals surface area contributed by atoms with Crippen molar-refractivity contribution in [3.63, 3.8) is 0 Å². The average molecular weight is 419 g/mol. The number of piperazine rings is 1. The molecule has 1 amide bonds. The van der Waals surface area contributed by atoms with Crippen molar-refractivity contribution >= 4 is 23.4 Å². The molecule has 8 nitrogen and oxygen atoms in total. The molecule has 1 aromatic carbocycles. The molecule has 1 saturated heterocycles. The lowest BCUT2D eigenvalue weighted by Gasteiger charge is -2.35. The molecule has 0 saturated carbocycles. The number of aromatic nitrogens is 3. The highest BCUT2D eigenvalue weighted by Gasteiger charge is 2.23. The SMILES string of the molecule is Cc1ccnc(Nc2cc(N3CCN(C(=O)COc4ccccc4)CC3)nc(C)n2)c1. The van der Waals surface area contributed by atoms with Crippen molar-refractivity contribution in [3.8, 4) is 5.75 Å². The number of benzene rings is 1. The van der Waals surface area contributed by atoms with Gasteiger partial charge in [-0.2, -0.15) is 0 Å². The summed E-state index contributed by atoms with van der Waals surface area (Å²) in [4.78, 5) is 29.9. The number of nitrogens with one attached hydrogen (secondary N) is 1. The third-order valence-corrected chi connectivity index (χ3v) is 5.06. The molecule has 8 heteroatoms. The van der Waals surface area contributed by atoms with Gasteiger partial charge in [0.1, 0.15) is 29.0 Å². The van der Waals surface area contributed by atoms with E-state index in [0.29, 0.717) is 43.6 Å². The predicted molar refractivity (Wildman–Crippen MR) is 120 cm³/mol. The highest BCUT2D eigenvalue weighted by atomic mass is 16.5. The number of carbonyl (C=O) groups excluding carboxylic acids is 1. The predicted octanol–water partition coefficient (Wildman–Crippen LogP) is 2.96. The Morgan fingerprint density at radius 3 is 2.52 bits per heavy atom. The Labute approximate surface area is 181 Å². The molecule has 160 valence electrons. The summed E-state index contributed by atoms with van der Waals surface area (Å²) in [5, 5.41) is 3.25. The van der Waals surface area contributed by atoms with E-state index in [9.17, 15) is 4.79 Å². The van der Waals surface area contributed by atoms with Gasteiger partial charge in [-0.1, -0.05) is 18.2 Å². The van der Waals surface area contributed by atoms with E-state index in [1.54, 1.807) is 6.20 Å². The summed E-state index contributed by atoms with van der Waals surface area (Å²) in [5.41, 5.74) is 1.13. The van der Waals surface area contributed by atoms with Gasteiger partial charge < -0.3 is 19.9 Å². The fraction of sp³-hybridized carbons (Fsp3) is 0.304. The molecule has 1 aliphatic heterocycles. The summed E-state index contributed by atoms with van der Waals surface area (Å²) in [7, 11) is 0. The van der Waals surface area contributed by atoms with Crippen LogP contribution in [0.1, 0.15) is 11.4 Å². The summed E-state index contributed by atoms with van der Waals surface area (Å²) in [5.74, 6) is 3.68. The molecular formula is C23H26N6O2. The van der Waals surface area contributed by atoms with Gasteiger partial charge >= 0.3 is 0 Å². The van der Waals surface area contributed by atoms with Crippen LogP contribution in [0.25, 0.3) is 0 Å². The molecule has 0 radical (unpaired) electrons. The molecule has 4 rings (SSSR count). The Morgan fingerprint density at radius 1 is 1.00 bits per heavy atom. The van der Waals surface area contributed by atoms with Gasteiger partial charge in [0.05, 0.1) is 0 Å². The number of anilines is 3. The molecule has 0 unspecified atom stereocenters. The van der Waals surface area contributed by atoms with Gasteiger partial charge in [-0.3, -0.25) is 4.79 Å². The van der Waals surface area contributed by atoms with Crippen LogP contribution in [-0.4, -0.2) is 58.5 Å². The van der Waals surface area contributed by atoms with Crippen LogP contribution in [0.4, 0.5) is 17.5 Å². The second kappa shape index (κ2) is 9.42. The zero-order valence-corrected chi connectivity index (χ0v) is 17.8. The highest BCUT2D eigenvalue weighted by Crippen LogP contribution is 2.20. The highest BCUT2D eigenvalue weighted by molar-refractivity contribution is 5.78. The third kappa shape index (κ3) is 5.48. The first-order chi connectivity index (χ1) is 15.1. The number of hydrogen-bond acceptors (Lipinski definition) is 7. The number of aryl methyl sites for hydroxylation is 2. The molecule has 1 fully saturated rings. The second-order valence-corrected chi connectivity index (χ2v) is 7.47. The summed E-state index contributed by atoms with van der Waals surface area (Å²) >= 11 is 0. The third-order valence-electron chi connectivity index (χ3n) is 5.06. The Kier molecular flexibility index (Phi) is 6.26. The van der Waals surface area contributed by atoms with Gasteiger partial charge in [0, 0.05) is 38.4 Å². The van der Waals surface area contributed by atoms with E-state index in [1.165, 1.54) is 0 Å². The summed E-state index contributed by atoms with van der Waals surface area (Å²) in [6.45, 7) is 6.61. The molecule has 2 aromatic heterocycles. The van der Waals surface area contributed by atoms with Gasteiger partial charge in [-0.15, -0.1) is 0 Å². The second-order valence-electron chi connectivity index (χ2n) is 7.47. The van der Waals surface area contributed by atoms with Crippen molar-refractivity contribution in [2.24, 2.45) is 0 Å². The van der Waals surface area contributed by atoms with Crippen molar-refractivity contribution in [2.45, 2.75) is 13.8 Å². The smallest absolute Gasteiger partial charge is 0.260 e. The number of carbonyl (C=O) groups is 1. The number of amides is 1. The summed E-state index contributed by atoms with van der Waals surface area (Å²) < 4.78 is 5.59. The minimum Gasteiger partial charge on any atom is -0.484 e. The van der Waals surface area contributed by atoms with E-state index >= 15 is 0 Å². The van der Waals surface area contributed by atoms with Crippen molar-refractivity contribution in [1.29, 1.82) is 0 Å². The lowest BCUT2D eigenvalue weighted by molar-refractivity contribution is -0.133. The topological polar surface area (TPSA) is 83.5 Å². The minimum atomic E-state index is -0.00440. The molecule has 3 heterocycles. The van der Waals surface area contributed by atoms with Gasteiger partial charge in [0.2, 0.25) is 0 Å². The number of hydrogen-bond donors (Lipinski definition) is 1. The number of nitrogens with zero attached hydrogens (tertiary/aromatic N) is 5. The normalized spacial score (nSPS) is 13.7. The van der Waals surface area contributed by atoms with E-state index in [2.05, 4.69) is 25.2 Å². The number of para-hydroxylation sites is 1. The van der Waals surface area contributed by atoms with Crippen molar-refractivity contribution in [1.82, 2.24) is 19.9 Å². The van der Waals surface area contributed by atoms with Crippen LogP contribution in [0.5, 0.6) is 5.75 Å². The monoisotopic (exact) mass is 418 g/mol. The molecular weight excluding hydrogens is 392 g/mol. The molecule has 0 spiro atoms. The molecule has 1 N–H and O–H groups in total. The van der Waals surface area contributed by atoms with E-state index in [1.807, 2.05) is 67.3 Å².